The number of non-ortho nitro benzene ring substituents is 1. The van der Waals surface area contributed by atoms with Crippen molar-refractivity contribution >= 4 is 17.3 Å². The molecule has 0 spiro atoms. The molecule has 0 aliphatic carbocycles. The molecule has 0 unspecified atom stereocenters. The van der Waals surface area contributed by atoms with E-state index in [2.05, 4.69) is 11.9 Å². The summed E-state index contributed by atoms with van der Waals surface area (Å²) in [7, 11) is 0. The molecule has 0 saturated heterocycles. The van der Waals surface area contributed by atoms with Gasteiger partial charge in [0.25, 0.3) is 5.69 Å². The van der Waals surface area contributed by atoms with Crippen LogP contribution in [0.15, 0.2) is 30.4 Å². The molecule has 1 N–H and O–H groups in total. The summed E-state index contributed by atoms with van der Waals surface area (Å²) in [5, 5.41) is 13.7. The maximum Gasteiger partial charge on any atom is 0.271 e. The maximum atomic E-state index is 12.1. The van der Waals surface area contributed by atoms with Gasteiger partial charge in [-0.15, -0.1) is 0 Å². The monoisotopic (exact) mass is 291 g/mol. The van der Waals surface area contributed by atoms with Crippen LogP contribution in [-0.4, -0.2) is 35.4 Å². The van der Waals surface area contributed by atoms with Crippen molar-refractivity contribution in [3.05, 3.63) is 46.0 Å². The van der Waals surface area contributed by atoms with Crippen LogP contribution in [0.4, 0.5) is 11.4 Å². The van der Waals surface area contributed by atoms with E-state index in [0.29, 0.717) is 18.8 Å². The zero-order valence-electron chi connectivity index (χ0n) is 12.7. The number of amides is 1. The summed E-state index contributed by atoms with van der Waals surface area (Å²) in [5.74, 6) is -0.0635. The van der Waals surface area contributed by atoms with Crippen molar-refractivity contribution < 1.29 is 9.72 Å². The molecule has 6 heteroatoms. The molecule has 0 radical (unpaired) electrons. The lowest BCUT2D eigenvalue weighted by molar-refractivity contribution is -0.384. The van der Waals surface area contributed by atoms with Gasteiger partial charge in [0, 0.05) is 30.9 Å². The molecular weight excluding hydrogens is 270 g/mol. The minimum Gasteiger partial charge on any atom is -0.376 e. The highest BCUT2D eigenvalue weighted by Crippen LogP contribution is 2.21. The number of rotatable bonds is 7. The number of anilines is 1. The summed E-state index contributed by atoms with van der Waals surface area (Å²) in [6.45, 7) is 10.6. The summed E-state index contributed by atoms with van der Waals surface area (Å²) < 4.78 is 0. The topological polar surface area (TPSA) is 75.5 Å². The van der Waals surface area contributed by atoms with Crippen molar-refractivity contribution in [1.29, 1.82) is 0 Å². The van der Waals surface area contributed by atoms with Gasteiger partial charge < -0.3 is 10.2 Å². The summed E-state index contributed by atoms with van der Waals surface area (Å²) in [6, 6.07) is 4.55. The molecule has 1 rings (SSSR count). The van der Waals surface area contributed by atoms with Crippen LogP contribution in [0.5, 0.6) is 0 Å². The third kappa shape index (κ3) is 4.91. The standard InChI is InChI=1S/C15H21N3O3/c1-5-17(10-11(2)3)15(19)9-16-14-8-13(18(20)21)7-6-12(14)4/h6-8,16H,2,5,9-10H2,1,3-4H3. The number of benzene rings is 1. The van der Waals surface area contributed by atoms with Gasteiger partial charge >= 0.3 is 0 Å². The van der Waals surface area contributed by atoms with Crippen LogP contribution >= 0.6 is 0 Å². The minimum atomic E-state index is -0.453. The number of hydrogen-bond acceptors (Lipinski definition) is 4. The summed E-state index contributed by atoms with van der Waals surface area (Å²) >= 11 is 0. The largest absolute Gasteiger partial charge is 0.376 e. The fraction of sp³-hybridized carbons (Fsp3) is 0.400. The third-order valence-corrected chi connectivity index (χ3v) is 3.06. The molecule has 1 aromatic carbocycles. The van der Waals surface area contributed by atoms with Crippen molar-refractivity contribution in [2.75, 3.05) is 25.0 Å². The molecular formula is C15H21N3O3. The van der Waals surface area contributed by atoms with Gasteiger partial charge in [0.05, 0.1) is 11.5 Å². The minimum absolute atomic E-state index is 0.00447. The van der Waals surface area contributed by atoms with Crippen molar-refractivity contribution in [3.63, 3.8) is 0 Å². The first kappa shape index (κ1) is 16.7. The molecule has 1 amide bonds. The number of carbonyl (C=O) groups excluding carboxylic acids is 1. The average Bonchev–Trinajstić information content (AvgIpc) is 2.42. The Bertz CT molecular complexity index is 555. The molecule has 1 aromatic rings. The van der Waals surface area contributed by atoms with Gasteiger partial charge in [-0.2, -0.15) is 0 Å². The Morgan fingerprint density at radius 1 is 1.48 bits per heavy atom. The van der Waals surface area contributed by atoms with Crippen LogP contribution in [0.1, 0.15) is 19.4 Å². The predicted molar refractivity (Wildman–Crippen MR) is 83.4 cm³/mol. The third-order valence-electron chi connectivity index (χ3n) is 3.06. The summed E-state index contributed by atoms with van der Waals surface area (Å²) in [6.07, 6.45) is 0. The van der Waals surface area contributed by atoms with E-state index in [0.717, 1.165) is 11.1 Å². The van der Waals surface area contributed by atoms with Crippen molar-refractivity contribution in [2.24, 2.45) is 0 Å². The van der Waals surface area contributed by atoms with E-state index in [-0.39, 0.29) is 18.1 Å². The second kappa shape index (κ2) is 7.42. The van der Waals surface area contributed by atoms with Gasteiger partial charge in [-0.3, -0.25) is 14.9 Å². The van der Waals surface area contributed by atoms with Crippen LogP contribution in [-0.2, 0) is 4.79 Å². The number of hydrogen-bond donors (Lipinski definition) is 1. The van der Waals surface area contributed by atoms with Crippen LogP contribution < -0.4 is 5.32 Å². The van der Waals surface area contributed by atoms with E-state index in [1.54, 1.807) is 11.0 Å². The van der Waals surface area contributed by atoms with Gasteiger partial charge in [0.2, 0.25) is 5.91 Å². The zero-order valence-corrected chi connectivity index (χ0v) is 12.7. The lowest BCUT2D eigenvalue weighted by Gasteiger charge is -2.21. The van der Waals surface area contributed by atoms with Crippen LogP contribution in [0, 0.1) is 17.0 Å². The normalized spacial score (nSPS) is 10.0. The number of nitrogens with zero attached hydrogens (tertiary/aromatic N) is 2. The molecule has 0 fully saturated rings. The van der Waals surface area contributed by atoms with Crippen LogP contribution in [0.25, 0.3) is 0 Å². The van der Waals surface area contributed by atoms with Gasteiger partial charge in [-0.1, -0.05) is 18.2 Å². The Kier molecular flexibility index (Phi) is 5.90. The van der Waals surface area contributed by atoms with E-state index in [1.807, 2.05) is 20.8 Å². The number of likely N-dealkylation sites (N-methyl/N-ethyl adjacent to an activating group) is 1. The summed E-state index contributed by atoms with van der Waals surface area (Å²) in [5.41, 5.74) is 2.38. The van der Waals surface area contributed by atoms with Crippen molar-refractivity contribution in [1.82, 2.24) is 4.90 Å². The Hall–Kier alpha value is -2.37. The Labute approximate surface area is 124 Å². The zero-order chi connectivity index (χ0) is 16.0. The second-order valence-corrected chi connectivity index (χ2v) is 4.97. The summed E-state index contributed by atoms with van der Waals surface area (Å²) in [4.78, 5) is 24.1. The van der Waals surface area contributed by atoms with Gasteiger partial charge in [-0.05, 0) is 26.3 Å². The fourth-order valence-corrected chi connectivity index (χ4v) is 1.90. The number of carbonyl (C=O) groups is 1. The average molecular weight is 291 g/mol. The molecule has 0 aliphatic heterocycles. The first-order valence-electron chi connectivity index (χ1n) is 6.76. The number of nitrogens with one attached hydrogen (secondary N) is 1. The fourth-order valence-electron chi connectivity index (χ4n) is 1.90. The second-order valence-electron chi connectivity index (χ2n) is 4.97. The van der Waals surface area contributed by atoms with Crippen LogP contribution in [0.3, 0.4) is 0 Å². The molecule has 0 aliphatic rings. The van der Waals surface area contributed by atoms with Gasteiger partial charge in [0.15, 0.2) is 0 Å². The number of nitro benzene ring substituents is 1. The Morgan fingerprint density at radius 2 is 2.14 bits per heavy atom. The molecule has 21 heavy (non-hydrogen) atoms. The van der Waals surface area contributed by atoms with Crippen molar-refractivity contribution in [2.45, 2.75) is 20.8 Å². The molecule has 0 aromatic heterocycles. The lowest BCUT2D eigenvalue weighted by atomic mass is 10.2. The van der Waals surface area contributed by atoms with E-state index in [4.69, 9.17) is 0 Å². The van der Waals surface area contributed by atoms with E-state index in [9.17, 15) is 14.9 Å². The van der Waals surface area contributed by atoms with Crippen LogP contribution in [0.2, 0.25) is 0 Å². The molecule has 0 bridgehead atoms. The number of nitro groups is 1. The first-order valence-corrected chi connectivity index (χ1v) is 6.76. The molecule has 0 atom stereocenters. The smallest absolute Gasteiger partial charge is 0.271 e. The Balaban J connectivity index is 2.74. The van der Waals surface area contributed by atoms with E-state index < -0.39 is 4.92 Å². The van der Waals surface area contributed by atoms with Gasteiger partial charge in [-0.25, -0.2) is 0 Å². The molecule has 0 heterocycles. The quantitative estimate of drug-likeness (QED) is 0.476. The number of aryl methyl sites for hydroxylation is 1. The highest BCUT2D eigenvalue weighted by atomic mass is 16.6. The Morgan fingerprint density at radius 3 is 2.67 bits per heavy atom. The highest BCUT2D eigenvalue weighted by molar-refractivity contribution is 5.81. The maximum absolute atomic E-state index is 12.1. The highest BCUT2D eigenvalue weighted by Gasteiger charge is 2.13. The molecule has 114 valence electrons. The predicted octanol–water partition coefficient (Wildman–Crippen LogP) is 2.74. The first-order chi connectivity index (χ1) is 9.85. The molecule has 6 nitrogen and oxygen atoms in total. The lowest BCUT2D eigenvalue weighted by Crippen LogP contribution is -2.36. The van der Waals surface area contributed by atoms with E-state index in [1.165, 1.54) is 12.1 Å². The molecule has 0 saturated carbocycles. The van der Waals surface area contributed by atoms with E-state index >= 15 is 0 Å². The van der Waals surface area contributed by atoms with Gasteiger partial charge in [0.1, 0.15) is 0 Å². The SMILES string of the molecule is C=C(C)CN(CC)C(=O)CNc1cc([N+](=O)[O-])ccc1C. The van der Waals surface area contributed by atoms with Crippen molar-refractivity contribution in [3.8, 4) is 0 Å².